The summed E-state index contributed by atoms with van der Waals surface area (Å²) in [6.07, 6.45) is 3.86. The highest BCUT2D eigenvalue weighted by Gasteiger charge is 2.12. The first-order chi connectivity index (χ1) is 10.6. The van der Waals surface area contributed by atoms with Gasteiger partial charge in [0, 0.05) is 6.08 Å². The van der Waals surface area contributed by atoms with Crippen molar-refractivity contribution >= 4 is 23.6 Å². The maximum absolute atomic E-state index is 13.3. The molecule has 1 N–H and O–H groups in total. The molecule has 5 nitrogen and oxygen atoms in total. The highest BCUT2D eigenvalue weighted by molar-refractivity contribution is 5.94. The molecule has 1 aromatic carbocycles. The Morgan fingerprint density at radius 1 is 1.18 bits per heavy atom. The highest BCUT2D eigenvalue weighted by atomic mass is 19.1. The molecule has 0 bridgehead atoms. The van der Waals surface area contributed by atoms with E-state index in [1.54, 1.807) is 12.1 Å². The van der Waals surface area contributed by atoms with Gasteiger partial charge in [-0.15, -0.1) is 0 Å². The second-order valence-electron chi connectivity index (χ2n) is 4.10. The summed E-state index contributed by atoms with van der Waals surface area (Å²) in [5, 5.41) is 1.99. The summed E-state index contributed by atoms with van der Waals surface area (Å²) in [5.41, 5.74) is -0.588. The number of amides is 1. The average Bonchev–Trinajstić information content (AvgIpc) is 3.00. The predicted molar refractivity (Wildman–Crippen MR) is 73.7 cm³/mol. The van der Waals surface area contributed by atoms with Crippen LogP contribution in [0.5, 0.6) is 0 Å². The molecule has 114 valence electrons. The lowest BCUT2D eigenvalue weighted by Crippen LogP contribution is -2.21. The smallest absolute Gasteiger partial charge is 0.331 e. The van der Waals surface area contributed by atoms with Crippen molar-refractivity contribution < 1.29 is 27.5 Å². The van der Waals surface area contributed by atoms with Crippen LogP contribution in [0.15, 0.2) is 47.1 Å². The molecular weight excluding hydrogens is 296 g/mol. The van der Waals surface area contributed by atoms with Gasteiger partial charge in [-0.2, -0.15) is 0 Å². The van der Waals surface area contributed by atoms with E-state index in [-0.39, 0.29) is 0 Å². The van der Waals surface area contributed by atoms with Gasteiger partial charge in [0.05, 0.1) is 6.26 Å². The van der Waals surface area contributed by atoms with Gasteiger partial charge in [-0.25, -0.2) is 13.6 Å². The molecule has 2 rings (SSSR count). The second kappa shape index (κ2) is 7.16. The summed E-state index contributed by atoms with van der Waals surface area (Å²) in [6.45, 7) is -0.672. The maximum Gasteiger partial charge on any atom is 0.331 e. The monoisotopic (exact) mass is 307 g/mol. The molecule has 7 heteroatoms. The number of esters is 1. The molecule has 1 heterocycles. The van der Waals surface area contributed by atoms with Gasteiger partial charge in [0.25, 0.3) is 5.91 Å². The number of hydrogen-bond acceptors (Lipinski definition) is 4. The largest absolute Gasteiger partial charge is 0.465 e. The van der Waals surface area contributed by atoms with Crippen molar-refractivity contribution in [3.8, 4) is 0 Å². The molecule has 0 fully saturated rings. The van der Waals surface area contributed by atoms with Crippen molar-refractivity contribution in [3.05, 3.63) is 60.1 Å². The van der Waals surface area contributed by atoms with E-state index in [0.29, 0.717) is 5.76 Å². The Kier molecular flexibility index (Phi) is 5.02. The normalized spacial score (nSPS) is 10.6. The Balaban J connectivity index is 1.84. The number of furan rings is 1. The van der Waals surface area contributed by atoms with Crippen molar-refractivity contribution in [1.29, 1.82) is 0 Å². The number of carbonyl (C=O) groups is 2. The highest BCUT2D eigenvalue weighted by Crippen LogP contribution is 2.17. The van der Waals surface area contributed by atoms with Crippen LogP contribution >= 0.6 is 0 Å². The molecule has 0 aliphatic rings. The summed E-state index contributed by atoms with van der Waals surface area (Å²) in [6, 6.07) is 6.42. The predicted octanol–water partition coefficient (Wildman–Crippen LogP) is 2.75. The van der Waals surface area contributed by atoms with Gasteiger partial charge in [-0.1, -0.05) is 6.07 Å². The molecule has 0 aliphatic heterocycles. The summed E-state index contributed by atoms with van der Waals surface area (Å²) in [4.78, 5) is 22.8. The molecular formula is C15H11F2NO4. The van der Waals surface area contributed by atoms with Crippen molar-refractivity contribution in [3.63, 3.8) is 0 Å². The molecule has 22 heavy (non-hydrogen) atoms. The fourth-order valence-electron chi connectivity index (χ4n) is 1.51. The standard InChI is InChI=1S/C15H11F2NO4/c16-11-4-1-5-12(17)15(11)18-13(19)9-22-14(20)7-6-10-3-2-8-21-10/h1-8H,9H2,(H,18,19)/b7-6+. The minimum absolute atomic E-state index is 0.440. The topological polar surface area (TPSA) is 68.5 Å². The van der Waals surface area contributed by atoms with Crippen LogP contribution in [-0.2, 0) is 14.3 Å². The number of carbonyl (C=O) groups excluding carboxylic acids is 2. The van der Waals surface area contributed by atoms with Crippen LogP contribution in [0.2, 0.25) is 0 Å². The molecule has 0 radical (unpaired) electrons. The van der Waals surface area contributed by atoms with Gasteiger partial charge in [0.2, 0.25) is 0 Å². The second-order valence-corrected chi connectivity index (χ2v) is 4.10. The van der Waals surface area contributed by atoms with Crippen LogP contribution in [0.4, 0.5) is 14.5 Å². The van der Waals surface area contributed by atoms with E-state index in [1.807, 2.05) is 5.32 Å². The number of rotatable bonds is 5. The van der Waals surface area contributed by atoms with E-state index in [0.717, 1.165) is 18.2 Å². The summed E-state index contributed by atoms with van der Waals surface area (Å²) in [5.74, 6) is -3.05. The van der Waals surface area contributed by atoms with Crippen LogP contribution in [0.25, 0.3) is 6.08 Å². The van der Waals surface area contributed by atoms with Gasteiger partial charge in [0.15, 0.2) is 6.61 Å². The zero-order chi connectivity index (χ0) is 15.9. The molecule has 1 aromatic heterocycles. The third kappa shape index (κ3) is 4.27. The van der Waals surface area contributed by atoms with E-state index >= 15 is 0 Å². The number of nitrogens with one attached hydrogen (secondary N) is 1. The first-order valence-corrected chi connectivity index (χ1v) is 6.18. The fraction of sp³-hybridized carbons (Fsp3) is 0.0667. The number of benzene rings is 1. The molecule has 1 amide bonds. The summed E-state index contributed by atoms with van der Waals surface area (Å²) < 4.78 is 36.2. The quantitative estimate of drug-likeness (QED) is 0.681. The average molecular weight is 307 g/mol. The SMILES string of the molecule is O=C(COC(=O)/C=C/c1ccco1)Nc1c(F)cccc1F. The first kappa shape index (κ1) is 15.4. The molecule has 0 aliphatic carbocycles. The van der Waals surface area contributed by atoms with Crippen molar-refractivity contribution in [2.24, 2.45) is 0 Å². The third-order valence-corrected chi connectivity index (χ3v) is 2.50. The Labute approximate surface area is 124 Å². The number of hydrogen-bond donors (Lipinski definition) is 1. The van der Waals surface area contributed by atoms with Crippen LogP contribution in [0, 0.1) is 11.6 Å². The fourth-order valence-corrected chi connectivity index (χ4v) is 1.51. The number of halogens is 2. The van der Waals surface area contributed by atoms with Crippen LogP contribution < -0.4 is 5.32 Å². The van der Waals surface area contributed by atoms with Crippen molar-refractivity contribution in [1.82, 2.24) is 0 Å². The molecule has 0 spiro atoms. The minimum atomic E-state index is -0.919. The van der Waals surface area contributed by atoms with E-state index < -0.39 is 35.8 Å². The van der Waals surface area contributed by atoms with E-state index in [1.165, 1.54) is 18.4 Å². The lowest BCUT2D eigenvalue weighted by Gasteiger charge is -2.07. The molecule has 0 saturated carbocycles. The number of para-hydroxylation sites is 1. The van der Waals surface area contributed by atoms with Gasteiger partial charge < -0.3 is 14.5 Å². The first-order valence-electron chi connectivity index (χ1n) is 6.18. The van der Waals surface area contributed by atoms with Gasteiger partial charge >= 0.3 is 5.97 Å². The summed E-state index contributed by atoms with van der Waals surface area (Å²) >= 11 is 0. The molecule has 0 unspecified atom stereocenters. The number of ether oxygens (including phenoxy) is 1. The molecule has 0 saturated heterocycles. The van der Waals surface area contributed by atoms with Crippen LogP contribution in [0.1, 0.15) is 5.76 Å². The summed E-state index contributed by atoms with van der Waals surface area (Å²) in [7, 11) is 0. The zero-order valence-electron chi connectivity index (χ0n) is 11.2. The lowest BCUT2D eigenvalue weighted by atomic mass is 10.3. The number of anilines is 1. The Bertz CT molecular complexity index is 675. The maximum atomic E-state index is 13.3. The van der Waals surface area contributed by atoms with Gasteiger partial charge in [-0.3, -0.25) is 4.79 Å². The molecule has 2 aromatic rings. The molecule has 0 atom stereocenters. The Morgan fingerprint density at radius 3 is 2.55 bits per heavy atom. The van der Waals surface area contributed by atoms with Crippen LogP contribution in [0.3, 0.4) is 0 Å². The van der Waals surface area contributed by atoms with Gasteiger partial charge in [0.1, 0.15) is 23.1 Å². The van der Waals surface area contributed by atoms with Crippen molar-refractivity contribution in [2.45, 2.75) is 0 Å². The minimum Gasteiger partial charge on any atom is -0.465 e. The third-order valence-electron chi connectivity index (χ3n) is 2.50. The van der Waals surface area contributed by atoms with E-state index in [2.05, 4.69) is 4.74 Å². The zero-order valence-corrected chi connectivity index (χ0v) is 11.2. The Hall–Kier alpha value is -2.96. The van der Waals surface area contributed by atoms with Crippen LogP contribution in [-0.4, -0.2) is 18.5 Å². The van der Waals surface area contributed by atoms with E-state index in [9.17, 15) is 18.4 Å². The van der Waals surface area contributed by atoms with Crippen molar-refractivity contribution in [2.75, 3.05) is 11.9 Å². The van der Waals surface area contributed by atoms with E-state index in [4.69, 9.17) is 4.42 Å². The van der Waals surface area contributed by atoms with Gasteiger partial charge in [-0.05, 0) is 30.3 Å². The lowest BCUT2D eigenvalue weighted by molar-refractivity contribution is -0.142. The Morgan fingerprint density at radius 2 is 1.91 bits per heavy atom.